The quantitative estimate of drug-likeness (QED) is 0.133. The lowest BCUT2D eigenvalue weighted by Crippen LogP contribution is -1.94. The second-order valence-electron chi connectivity index (χ2n) is 8.44. The van der Waals surface area contributed by atoms with Crippen molar-refractivity contribution in [1.82, 2.24) is 19.9 Å². The van der Waals surface area contributed by atoms with E-state index >= 15 is 0 Å². The summed E-state index contributed by atoms with van der Waals surface area (Å²) >= 11 is 16.6. The Morgan fingerprint density at radius 3 is 1.34 bits per heavy atom. The smallest absolute Gasteiger partial charge is 0.135 e. The number of nitrogens with one attached hydrogen (secondary N) is 1. The second-order valence-corrected chi connectivity index (χ2v) is 9.60. The first-order chi connectivity index (χ1) is 20.9. The van der Waals surface area contributed by atoms with E-state index in [9.17, 15) is 0 Å². The van der Waals surface area contributed by atoms with Gasteiger partial charge in [-0.15, -0.1) is 12.4 Å². The van der Waals surface area contributed by atoms with Crippen LogP contribution in [0.2, 0.25) is 15.5 Å². The Hall–Kier alpha value is -4.60. The Balaban J connectivity index is 0.000000198. The zero-order valence-corrected chi connectivity index (χ0v) is 26.0. The van der Waals surface area contributed by atoms with Crippen LogP contribution in [0.4, 0.5) is 17.2 Å². The van der Waals surface area contributed by atoms with Gasteiger partial charge in [-0.3, -0.25) is 0 Å². The van der Waals surface area contributed by atoms with Gasteiger partial charge in [-0.2, -0.15) is 0 Å². The van der Waals surface area contributed by atoms with E-state index in [1.165, 1.54) is 18.7 Å². The molecule has 0 aliphatic rings. The van der Waals surface area contributed by atoms with Crippen molar-refractivity contribution in [2.45, 2.75) is 0 Å². The van der Waals surface area contributed by atoms with E-state index < -0.39 is 0 Å². The van der Waals surface area contributed by atoms with Crippen LogP contribution >= 0.6 is 47.2 Å². The number of nitrogens with zero attached hydrogens (tertiary/aromatic N) is 4. The van der Waals surface area contributed by atoms with Crippen molar-refractivity contribution in [2.75, 3.05) is 11.1 Å². The maximum atomic E-state index is 5.82. The SMILES string of the molecule is Cl.Clc1cc(Cl)ncn1.Clc1cc(Nc2ccc(Oc3ccccc3)cc2)ncn1.Nc1ccc(Oc2ccccc2)cc1. The first-order valence-electron chi connectivity index (χ1n) is 12.7. The summed E-state index contributed by atoms with van der Waals surface area (Å²) in [5.41, 5.74) is 7.20. The van der Waals surface area contributed by atoms with Crippen molar-refractivity contribution < 1.29 is 9.47 Å². The van der Waals surface area contributed by atoms with E-state index in [1.807, 2.05) is 109 Å². The normalized spacial score (nSPS) is 9.61. The number of aromatic nitrogens is 4. The molecule has 6 aromatic rings. The highest BCUT2D eigenvalue weighted by Crippen LogP contribution is 2.24. The van der Waals surface area contributed by atoms with Crippen molar-refractivity contribution in [3.8, 4) is 23.0 Å². The molecule has 4 aromatic carbocycles. The van der Waals surface area contributed by atoms with Crippen LogP contribution in [0.5, 0.6) is 23.0 Å². The van der Waals surface area contributed by atoms with Gasteiger partial charge in [-0.05, 0) is 72.8 Å². The minimum Gasteiger partial charge on any atom is -0.457 e. The van der Waals surface area contributed by atoms with Crippen molar-refractivity contribution in [1.29, 1.82) is 0 Å². The van der Waals surface area contributed by atoms with Crippen molar-refractivity contribution in [3.05, 3.63) is 149 Å². The van der Waals surface area contributed by atoms with Crippen LogP contribution in [0.25, 0.3) is 0 Å². The maximum Gasteiger partial charge on any atom is 0.135 e. The van der Waals surface area contributed by atoms with Gasteiger partial charge in [0.15, 0.2) is 0 Å². The fourth-order valence-electron chi connectivity index (χ4n) is 3.25. The third-order valence-corrected chi connectivity index (χ3v) is 5.82. The lowest BCUT2D eigenvalue weighted by Gasteiger charge is -2.08. The fourth-order valence-corrected chi connectivity index (χ4v) is 3.75. The number of nitrogen functional groups attached to an aromatic ring is 1. The molecule has 3 N–H and O–H groups in total. The number of para-hydroxylation sites is 2. The van der Waals surface area contributed by atoms with Gasteiger partial charge in [0.2, 0.25) is 0 Å². The van der Waals surface area contributed by atoms with E-state index in [2.05, 4.69) is 25.3 Å². The average Bonchev–Trinajstić information content (AvgIpc) is 3.01. The average molecular weight is 668 g/mol. The Labute approximate surface area is 276 Å². The first-order valence-corrected chi connectivity index (χ1v) is 13.9. The van der Waals surface area contributed by atoms with E-state index in [1.54, 1.807) is 6.07 Å². The van der Waals surface area contributed by atoms with Gasteiger partial charge in [-0.25, -0.2) is 19.9 Å². The van der Waals surface area contributed by atoms with Crippen LogP contribution in [-0.2, 0) is 0 Å². The topological polar surface area (TPSA) is 108 Å². The summed E-state index contributed by atoms with van der Waals surface area (Å²) in [6, 6.07) is 37.4. The molecule has 0 bridgehead atoms. The molecule has 12 heteroatoms. The summed E-state index contributed by atoms with van der Waals surface area (Å²) in [6.07, 6.45) is 2.72. The van der Waals surface area contributed by atoms with E-state index in [0.717, 1.165) is 34.4 Å². The van der Waals surface area contributed by atoms with E-state index in [4.69, 9.17) is 50.0 Å². The Morgan fingerprint density at radius 1 is 0.500 bits per heavy atom. The molecule has 0 atom stereocenters. The van der Waals surface area contributed by atoms with Gasteiger partial charge in [-0.1, -0.05) is 71.2 Å². The number of nitrogens with two attached hydrogens (primary N) is 1. The molecule has 0 aliphatic heterocycles. The summed E-state index contributed by atoms with van der Waals surface area (Å²) in [6.45, 7) is 0. The summed E-state index contributed by atoms with van der Waals surface area (Å²) in [5.74, 6) is 3.85. The molecule has 0 amide bonds. The molecule has 0 fully saturated rings. The molecule has 2 aromatic heterocycles. The molecular formula is C32H26Cl4N6O2. The molecule has 0 saturated carbocycles. The molecule has 0 saturated heterocycles. The van der Waals surface area contributed by atoms with Crippen LogP contribution in [0.1, 0.15) is 0 Å². The Kier molecular flexibility index (Phi) is 14.0. The predicted octanol–water partition coefficient (Wildman–Crippen LogP) is 9.93. The highest BCUT2D eigenvalue weighted by molar-refractivity contribution is 6.33. The highest BCUT2D eigenvalue weighted by Gasteiger charge is 2.00. The van der Waals surface area contributed by atoms with Crippen molar-refractivity contribution >= 4 is 64.4 Å². The van der Waals surface area contributed by atoms with Crippen LogP contribution in [0.3, 0.4) is 0 Å². The molecule has 224 valence electrons. The number of anilines is 3. The summed E-state index contributed by atoms with van der Waals surface area (Å²) in [5, 5.41) is 4.28. The monoisotopic (exact) mass is 666 g/mol. The minimum absolute atomic E-state index is 0. The number of hydrogen-bond acceptors (Lipinski definition) is 8. The maximum absolute atomic E-state index is 5.82. The third kappa shape index (κ3) is 12.3. The first kappa shape index (κ1) is 33.9. The molecule has 0 unspecified atom stereocenters. The van der Waals surface area contributed by atoms with Crippen LogP contribution < -0.4 is 20.5 Å². The minimum atomic E-state index is 0. The summed E-state index contributed by atoms with van der Waals surface area (Å²) in [7, 11) is 0. The van der Waals surface area contributed by atoms with Gasteiger partial charge in [0.05, 0.1) is 0 Å². The zero-order valence-electron chi connectivity index (χ0n) is 22.9. The van der Waals surface area contributed by atoms with Gasteiger partial charge in [0, 0.05) is 23.5 Å². The van der Waals surface area contributed by atoms with Crippen molar-refractivity contribution in [2.24, 2.45) is 0 Å². The molecule has 0 spiro atoms. The summed E-state index contributed by atoms with van der Waals surface area (Å²) in [4.78, 5) is 15.1. The van der Waals surface area contributed by atoms with Gasteiger partial charge in [0.1, 0.15) is 56.9 Å². The van der Waals surface area contributed by atoms with Gasteiger partial charge < -0.3 is 20.5 Å². The molecule has 0 aliphatic carbocycles. The zero-order chi connectivity index (χ0) is 30.3. The predicted molar refractivity (Wildman–Crippen MR) is 180 cm³/mol. The number of benzene rings is 4. The lowest BCUT2D eigenvalue weighted by atomic mass is 10.3. The standard InChI is InChI=1S/C16H12ClN3O.C12H11NO.C4H2Cl2N2.ClH/c17-15-10-16(19-11-18-15)20-12-6-8-14(9-7-12)21-13-4-2-1-3-5-13;13-10-6-8-12(9-7-10)14-11-4-2-1-3-5-11;5-3-1-4(6)8-2-7-3;/h1-11H,(H,18,19,20);1-9H,13H2;1-2H;1H. The third-order valence-electron chi connectivity index (χ3n) is 5.20. The lowest BCUT2D eigenvalue weighted by molar-refractivity contribution is 0.482. The van der Waals surface area contributed by atoms with E-state index in [0.29, 0.717) is 21.3 Å². The Morgan fingerprint density at radius 2 is 0.909 bits per heavy atom. The second kappa shape index (κ2) is 18.1. The van der Waals surface area contributed by atoms with Crippen LogP contribution in [0.15, 0.2) is 134 Å². The number of halogens is 4. The van der Waals surface area contributed by atoms with Crippen LogP contribution in [0, 0.1) is 0 Å². The molecular weight excluding hydrogens is 642 g/mol. The number of ether oxygens (including phenoxy) is 2. The number of hydrogen-bond donors (Lipinski definition) is 2. The highest BCUT2D eigenvalue weighted by atomic mass is 35.5. The molecule has 2 heterocycles. The molecule has 8 nitrogen and oxygen atoms in total. The Bertz CT molecular complexity index is 1660. The van der Waals surface area contributed by atoms with E-state index in [-0.39, 0.29) is 12.4 Å². The van der Waals surface area contributed by atoms with Gasteiger partial charge >= 0.3 is 0 Å². The molecule has 0 radical (unpaired) electrons. The largest absolute Gasteiger partial charge is 0.457 e. The fraction of sp³-hybridized carbons (Fsp3) is 0. The van der Waals surface area contributed by atoms with Crippen LogP contribution in [-0.4, -0.2) is 19.9 Å². The summed E-state index contributed by atoms with van der Waals surface area (Å²) < 4.78 is 11.3. The van der Waals surface area contributed by atoms with Gasteiger partial charge in [0.25, 0.3) is 0 Å². The number of rotatable bonds is 6. The van der Waals surface area contributed by atoms with Crippen molar-refractivity contribution in [3.63, 3.8) is 0 Å². The molecule has 44 heavy (non-hydrogen) atoms. The molecule has 6 rings (SSSR count).